The molecule has 0 radical (unpaired) electrons. The van der Waals surface area contributed by atoms with Crippen LogP contribution in [0.2, 0.25) is 0 Å². The van der Waals surface area contributed by atoms with Gasteiger partial charge < -0.3 is 9.84 Å². The number of hydrogen-bond acceptors (Lipinski definition) is 3. The smallest absolute Gasteiger partial charge is 0.308 e. The van der Waals surface area contributed by atoms with Gasteiger partial charge in [-0.1, -0.05) is 38.1 Å². The molecule has 21 heavy (non-hydrogen) atoms. The largest absolute Gasteiger partial charge is 0.508 e. The highest BCUT2D eigenvalue weighted by atomic mass is 16.5. The summed E-state index contributed by atoms with van der Waals surface area (Å²) in [7, 11) is 0. The second-order valence-corrected chi connectivity index (χ2v) is 4.61. The molecule has 0 unspecified atom stereocenters. The quantitative estimate of drug-likeness (QED) is 0.681. The van der Waals surface area contributed by atoms with E-state index in [2.05, 4.69) is 13.8 Å². The molecular weight excluding hydrogens is 264 g/mol. The molecule has 1 N–H and O–H groups in total. The molecule has 0 bridgehead atoms. The van der Waals surface area contributed by atoms with Crippen LogP contribution in [0.4, 0.5) is 0 Å². The Kier molecular flexibility index (Phi) is 7.02. The molecule has 0 aromatic heterocycles. The first-order valence-corrected chi connectivity index (χ1v) is 7.10. The summed E-state index contributed by atoms with van der Waals surface area (Å²) in [5, 5.41) is 8.85. The monoisotopic (exact) mass is 286 g/mol. The van der Waals surface area contributed by atoms with Crippen molar-refractivity contribution in [2.24, 2.45) is 0 Å². The van der Waals surface area contributed by atoms with Crippen molar-refractivity contribution < 1.29 is 14.6 Å². The first kappa shape index (κ1) is 16.8. The Balaban J connectivity index is 0.000000219. The number of carbonyl (C=O) groups excluding carboxylic acids is 1. The Bertz CT molecular complexity index is 542. The number of aryl methyl sites for hydroxylation is 2. The van der Waals surface area contributed by atoms with E-state index in [1.165, 1.54) is 18.1 Å². The van der Waals surface area contributed by atoms with Crippen LogP contribution in [0.3, 0.4) is 0 Å². The number of carbonyl (C=O) groups is 1. The van der Waals surface area contributed by atoms with E-state index in [0.717, 1.165) is 12.8 Å². The van der Waals surface area contributed by atoms with Gasteiger partial charge in [-0.05, 0) is 48.2 Å². The third-order valence-corrected chi connectivity index (χ3v) is 2.94. The number of benzene rings is 2. The molecule has 0 spiro atoms. The van der Waals surface area contributed by atoms with Crippen molar-refractivity contribution in [3.8, 4) is 11.5 Å². The molecule has 3 nitrogen and oxygen atoms in total. The summed E-state index contributed by atoms with van der Waals surface area (Å²) in [5.74, 6) is 0.672. The van der Waals surface area contributed by atoms with Gasteiger partial charge in [0, 0.05) is 6.92 Å². The number of ether oxygens (including phenoxy) is 1. The zero-order valence-corrected chi connectivity index (χ0v) is 12.8. The Morgan fingerprint density at radius 1 is 0.905 bits per heavy atom. The van der Waals surface area contributed by atoms with Crippen LogP contribution in [-0.2, 0) is 17.6 Å². The lowest BCUT2D eigenvalue weighted by Gasteiger charge is -2.01. The Morgan fingerprint density at radius 3 is 1.71 bits per heavy atom. The van der Waals surface area contributed by atoms with Crippen molar-refractivity contribution in [2.45, 2.75) is 33.6 Å². The van der Waals surface area contributed by atoms with E-state index >= 15 is 0 Å². The molecule has 0 aliphatic carbocycles. The minimum Gasteiger partial charge on any atom is -0.508 e. The summed E-state index contributed by atoms with van der Waals surface area (Å²) < 4.78 is 4.87. The van der Waals surface area contributed by atoms with Gasteiger partial charge in [0.15, 0.2) is 0 Å². The summed E-state index contributed by atoms with van der Waals surface area (Å²) >= 11 is 0. The molecule has 0 heterocycles. The summed E-state index contributed by atoms with van der Waals surface area (Å²) in [6.07, 6.45) is 2.03. The van der Waals surface area contributed by atoms with Crippen molar-refractivity contribution in [1.29, 1.82) is 0 Å². The van der Waals surface area contributed by atoms with Gasteiger partial charge in [0.05, 0.1) is 0 Å². The van der Waals surface area contributed by atoms with Gasteiger partial charge in [-0.25, -0.2) is 0 Å². The van der Waals surface area contributed by atoms with Gasteiger partial charge in [-0.3, -0.25) is 4.79 Å². The molecule has 2 rings (SSSR count). The number of aromatic hydroxyl groups is 1. The first-order valence-electron chi connectivity index (χ1n) is 7.10. The summed E-state index contributed by atoms with van der Waals surface area (Å²) in [6, 6.07) is 14.8. The summed E-state index contributed by atoms with van der Waals surface area (Å²) in [6.45, 7) is 5.57. The molecule has 0 saturated heterocycles. The lowest BCUT2D eigenvalue weighted by atomic mass is 10.2. The summed E-state index contributed by atoms with van der Waals surface area (Å²) in [5.41, 5.74) is 2.50. The fraction of sp³-hybridized carbons (Fsp3) is 0.278. The van der Waals surface area contributed by atoms with Crippen LogP contribution >= 0.6 is 0 Å². The second kappa shape index (κ2) is 8.80. The van der Waals surface area contributed by atoms with Crippen molar-refractivity contribution in [3.05, 3.63) is 59.7 Å². The normalized spacial score (nSPS) is 9.48. The Hall–Kier alpha value is -2.29. The van der Waals surface area contributed by atoms with E-state index in [1.807, 2.05) is 24.3 Å². The fourth-order valence-corrected chi connectivity index (χ4v) is 1.69. The van der Waals surface area contributed by atoms with Gasteiger partial charge in [0.2, 0.25) is 0 Å². The third kappa shape index (κ3) is 6.61. The highest BCUT2D eigenvalue weighted by molar-refractivity contribution is 5.69. The van der Waals surface area contributed by atoms with Gasteiger partial charge in [0.1, 0.15) is 11.5 Å². The van der Waals surface area contributed by atoms with Crippen LogP contribution in [0.25, 0.3) is 0 Å². The van der Waals surface area contributed by atoms with Crippen LogP contribution in [0.5, 0.6) is 11.5 Å². The van der Waals surface area contributed by atoms with E-state index in [0.29, 0.717) is 11.5 Å². The molecule has 0 fully saturated rings. The molecule has 2 aromatic rings. The molecule has 3 heteroatoms. The maximum Gasteiger partial charge on any atom is 0.308 e. The van der Waals surface area contributed by atoms with Crippen molar-refractivity contribution in [3.63, 3.8) is 0 Å². The molecular formula is C18H22O3. The van der Waals surface area contributed by atoms with Crippen LogP contribution in [0, 0.1) is 0 Å². The number of hydrogen-bond donors (Lipinski definition) is 1. The standard InChI is InChI=1S/C10H12O2.C8H10O/c1-3-9-4-6-10(7-5-9)12-8(2)11;1-2-7-3-5-8(9)6-4-7/h4-7H,3H2,1-2H3;3-6,9H,2H2,1H3. The van der Waals surface area contributed by atoms with Gasteiger partial charge in [-0.2, -0.15) is 0 Å². The highest BCUT2D eigenvalue weighted by Crippen LogP contribution is 2.12. The van der Waals surface area contributed by atoms with Crippen LogP contribution in [0.15, 0.2) is 48.5 Å². The van der Waals surface area contributed by atoms with E-state index in [9.17, 15) is 4.79 Å². The third-order valence-electron chi connectivity index (χ3n) is 2.94. The predicted octanol–water partition coefficient (Wildman–Crippen LogP) is 4.13. The first-order chi connectivity index (χ1) is 10.0. The minimum absolute atomic E-state index is 0.278. The number of phenolic OH excluding ortho intramolecular Hbond substituents is 1. The SMILES string of the molecule is CCc1ccc(O)cc1.CCc1ccc(OC(C)=O)cc1. The van der Waals surface area contributed by atoms with Gasteiger partial charge >= 0.3 is 5.97 Å². The molecule has 0 aliphatic rings. The number of rotatable bonds is 3. The maximum atomic E-state index is 10.5. The van der Waals surface area contributed by atoms with Gasteiger partial charge in [-0.15, -0.1) is 0 Å². The van der Waals surface area contributed by atoms with E-state index < -0.39 is 0 Å². The van der Waals surface area contributed by atoms with Crippen LogP contribution in [0.1, 0.15) is 31.9 Å². The van der Waals surface area contributed by atoms with Gasteiger partial charge in [0.25, 0.3) is 0 Å². The van der Waals surface area contributed by atoms with Crippen LogP contribution in [-0.4, -0.2) is 11.1 Å². The minimum atomic E-state index is -0.278. The van der Waals surface area contributed by atoms with Crippen molar-refractivity contribution in [2.75, 3.05) is 0 Å². The molecule has 0 saturated carbocycles. The Labute approximate surface area is 126 Å². The summed E-state index contributed by atoms with van der Waals surface area (Å²) in [4.78, 5) is 10.5. The average molecular weight is 286 g/mol. The lowest BCUT2D eigenvalue weighted by molar-refractivity contribution is -0.131. The fourth-order valence-electron chi connectivity index (χ4n) is 1.69. The number of phenols is 1. The highest BCUT2D eigenvalue weighted by Gasteiger charge is 1.96. The van der Waals surface area contributed by atoms with Crippen LogP contribution < -0.4 is 4.74 Å². The Morgan fingerprint density at radius 2 is 1.33 bits per heavy atom. The van der Waals surface area contributed by atoms with Crippen molar-refractivity contribution >= 4 is 5.97 Å². The second-order valence-electron chi connectivity index (χ2n) is 4.61. The van der Waals surface area contributed by atoms with E-state index in [-0.39, 0.29) is 5.97 Å². The zero-order chi connectivity index (χ0) is 15.7. The zero-order valence-electron chi connectivity index (χ0n) is 12.8. The van der Waals surface area contributed by atoms with E-state index in [4.69, 9.17) is 9.84 Å². The average Bonchev–Trinajstić information content (AvgIpc) is 2.49. The van der Waals surface area contributed by atoms with E-state index in [1.54, 1.807) is 24.3 Å². The molecule has 112 valence electrons. The molecule has 0 amide bonds. The molecule has 0 aliphatic heterocycles. The lowest BCUT2D eigenvalue weighted by Crippen LogP contribution is -2.00. The topological polar surface area (TPSA) is 46.5 Å². The maximum absolute atomic E-state index is 10.5. The molecule has 0 atom stereocenters. The van der Waals surface area contributed by atoms with Crippen molar-refractivity contribution in [1.82, 2.24) is 0 Å². The number of esters is 1. The predicted molar refractivity (Wildman–Crippen MR) is 84.6 cm³/mol. The molecule has 2 aromatic carbocycles.